The van der Waals surface area contributed by atoms with Gasteiger partial charge in [-0.2, -0.15) is 0 Å². The second kappa shape index (κ2) is 5.81. The molecule has 0 saturated carbocycles. The van der Waals surface area contributed by atoms with Gasteiger partial charge >= 0.3 is 5.97 Å². The number of ether oxygens (including phenoxy) is 1. The average molecular weight is 306 g/mol. The molecule has 0 aliphatic carbocycles. The number of nitrogens with two attached hydrogens (primary N) is 1. The Morgan fingerprint density at radius 2 is 2.00 bits per heavy atom. The highest BCUT2D eigenvalue weighted by Crippen LogP contribution is 2.25. The third kappa shape index (κ3) is 4.26. The second-order valence-corrected chi connectivity index (χ2v) is 6.79. The molecule has 5 nitrogen and oxygen atoms in total. The smallest absolute Gasteiger partial charge is 0.306 e. The number of carbonyl (C=O) groups is 2. The fourth-order valence-electron chi connectivity index (χ4n) is 1.78. The normalized spacial score (nSPS) is 11.6. The van der Waals surface area contributed by atoms with Crippen LogP contribution in [-0.2, 0) is 9.53 Å². The highest BCUT2D eigenvalue weighted by molar-refractivity contribution is 7.20. The van der Waals surface area contributed by atoms with Gasteiger partial charge in [0.25, 0.3) is 0 Å². The summed E-state index contributed by atoms with van der Waals surface area (Å²) in [5.74, 6) is -0.526. The van der Waals surface area contributed by atoms with Gasteiger partial charge in [0.2, 0.25) is 0 Å². The number of nitrogen functional groups attached to an aromatic ring is 1. The van der Waals surface area contributed by atoms with Crippen molar-refractivity contribution in [2.24, 2.45) is 0 Å². The zero-order valence-electron chi connectivity index (χ0n) is 12.3. The fourth-order valence-corrected chi connectivity index (χ4v) is 2.76. The van der Waals surface area contributed by atoms with E-state index < -0.39 is 5.60 Å². The lowest BCUT2D eigenvalue weighted by Crippen LogP contribution is -2.24. The molecule has 6 heteroatoms. The lowest BCUT2D eigenvalue weighted by atomic mass is 10.2. The molecule has 0 radical (unpaired) electrons. The first-order chi connectivity index (χ1) is 9.74. The van der Waals surface area contributed by atoms with E-state index in [1.54, 1.807) is 39.0 Å². The number of aromatic nitrogens is 1. The van der Waals surface area contributed by atoms with E-state index in [0.717, 1.165) is 10.2 Å². The van der Waals surface area contributed by atoms with Crippen molar-refractivity contribution in [3.63, 3.8) is 0 Å². The number of ketones is 1. The third-order valence-electron chi connectivity index (χ3n) is 2.63. The number of hydrogen-bond donors (Lipinski definition) is 1. The summed E-state index contributed by atoms with van der Waals surface area (Å²) in [7, 11) is 0. The van der Waals surface area contributed by atoms with Crippen molar-refractivity contribution >= 4 is 39.0 Å². The molecule has 1 aromatic heterocycles. The van der Waals surface area contributed by atoms with Crippen molar-refractivity contribution in [3.05, 3.63) is 23.2 Å². The number of hydrogen-bond acceptors (Lipinski definition) is 6. The summed E-state index contributed by atoms with van der Waals surface area (Å²) in [6, 6.07) is 5.32. The number of benzene rings is 1. The van der Waals surface area contributed by atoms with Gasteiger partial charge < -0.3 is 10.5 Å². The van der Waals surface area contributed by atoms with Gasteiger partial charge in [0.05, 0.1) is 16.6 Å². The van der Waals surface area contributed by atoms with Gasteiger partial charge in [-0.25, -0.2) is 4.98 Å². The van der Waals surface area contributed by atoms with Crippen molar-refractivity contribution in [2.45, 2.75) is 39.2 Å². The lowest BCUT2D eigenvalue weighted by Gasteiger charge is -2.19. The number of anilines is 1. The van der Waals surface area contributed by atoms with Gasteiger partial charge in [0, 0.05) is 12.1 Å². The van der Waals surface area contributed by atoms with Crippen LogP contribution in [0.3, 0.4) is 0 Å². The van der Waals surface area contributed by atoms with E-state index in [1.807, 2.05) is 0 Å². The number of nitrogens with zero attached hydrogens (tertiary/aromatic N) is 1. The van der Waals surface area contributed by atoms with Gasteiger partial charge in [-0.1, -0.05) is 0 Å². The van der Waals surface area contributed by atoms with Gasteiger partial charge in [-0.3, -0.25) is 9.59 Å². The molecule has 0 saturated heterocycles. The van der Waals surface area contributed by atoms with Crippen LogP contribution in [0.25, 0.3) is 10.2 Å². The molecule has 112 valence electrons. The first-order valence-electron chi connectivity index (χ1n) is 6.66. The number of thiazole rings is 1. The summed E-state index contributed by atoms with van der Waals surface area (Å²) in [5, 5.41) is 0.402. The summed E-state index contributed by atoms with van der Waals surface area (Å²) in [6.07, 6.45) is 0.165. The van der Waals surface area contributed by atoms with Crippen molar-refractivity contribution < 1.29 is 14.3 Å². The standard InChI is InChI=1S/C15H18N2O3S/c1-15(2,3)20-13(19)7-6-11(18)14-17-10-5-4-9(16)8-12(10)21-14/h4-5,8H,6-7,16H2,1-3H3. The molecule has 0 aliphatic rings. The van der Waals surface area contributed by atoms with Gasteiger partial charge in [0.1, 0.15) is 5.60 Å². The van der Waals surface area contributed by atoms with Crippen LogP contribution < -0.4 is 5.73 Å². The first-order valence-corrected chi connectivity index (χ1v) is 7.47. The van der Waals surface area contributed by atoms with E-state index >= 15 is 0 Å². The Bertz CT molecular complexity index is 686. The Labute approximate surface area is 127 Å². The summed E-state index contributed by atoms with van der Waals surface area (Å²) in [5.41, 5.74) is 6.55. The monoisotopic (exact) mass is 306 g/mol. The van der Waals surface area contributed by atoms with Gasteiger partial charge in [0.15, 0.2) is 10.8 Å². The number of carbonyl (C=O) groups excluding carboxylic acids is 2. The van der Waals surface area contributed by atoms with E-state index in [-0.39, 0.29) is 24.6 Å². The molecule has 0 atom stereocenters. The lowest BCUT2D eigenvalue weighted by molar-refractivity contribution is -0.154. The molecule has 0 fully saturated rings. The Balaban J connectivity index is 2.01. The Morgan fingerprint density at radius 1 is 1.29 bits per heavy atom. The quantitative estimate of drug-likeness (QED) is 0.533. The molecule has 2 rings (SSSR count). The number of fused-ring (bicyclic) bond motifs is 1. The molecule has 1 aromatic carbocycles. The maximum absolute atomic E-state index is 12.1. The van der Waals surface area contributed by atoms with Crippen molar-refractivity contribution in [3.8, 4) is 0 Å². The predicted octanol–water partition coefficient (Wildman–Crippen LogP) is 3.18. The third-order valence-corrected chi connectivity index (χ3v) is 3.69. The van der Waals surface area contributed by atoms with Crippen LogP contribution in [-0.4, -0.2) is 22.3 Å². The number of rotatable bonds is 4. The molecule has 0 aliphatic heterocycles. The molecule has 0 bridgehead atoms. The number of Topliss-reactive ketones (excluding diaryl/α,β-unsaturated/α-hetero) is 1. The van der Waals surface area contributed by atoms with Crippen LogP contribution in [0.1, 0.15) is 43.4 Å². The first kappa shape index (κ1) is 15.4. The maximum Gasteiger partial charge on any atom is 0.306 e. The molecule has 0 amide bonds. The van der Waals surface area contributed by atoms with Crippen molar-refractivity contribution in [2.75, 3.05) is 5.73 Å². The van der Waals surface area contributed by atoms with Crippen LogP contribution in [0.4, 0.5) is 5.69 Å². The SMILES string of the molecule is CC(C)(C)OC(=O)CCC(=O)c1nc2ccc(N)cc2s1. The summed E-state index contributed by atoms with van der Waals surface area (Å²) < 4.78 is 6.04. The minimum Gasteiger partial charge on any atom is -0.460 e. The maximum atomic E-state index is 12.1. The largest absolute Gasteiger partial charge is 0.460 e. The second-order valence-electron chi connectivity index (χ2n) is 5.76. The zero-order chi connectivity index (χ0) is 15.6. The molecule has 0 unspecified atom stereocenters. The summed E-state index contributed by atoms with van der Waals surface area (Å²) in [6.45, 7) is 5.39. The molecule has 21 heavy (non-hydrogen) atoms. The van der Waals surface area contributed by atoms with E-state index in [0.29, 0.717) is 10.7 Å². The van der Waals surface area contributed by atoms with E-state index in [2.05, 4.69) is 4.98 Å². The summed E-state index contributed by atoms with van der Waals surface area (Å²) in [4.78, 5) is 27.9. The van der Waals surface area contributed by atoms with Gasteiger partial charge in [-0.15, -0.1) is 11.3 Å². The minimum atomic E-state index is -0.534. The Hall–Kier alpha value is -1.95. The highest BCUT2D eigenvalue weighted by atomic mass is 32.1. The molecular weight excluding hydrogens is 288 g/mol. The van der Waals surface area contributed by atoms with Crippen LogP contribution in [0.5, 0.6) is 0 Å². The molecule has 2 N–H and O–H groups in total. The minimum absolute atomic E-state index is 0.0637. The Kier molecular flexibility index (Phi) is 4.27. The van der Waals surface area contributed by atoms with Crippen LogP contribution in [0.15, 0.2) is 18.2 Å². The summed E-state index contributed by atoms with van der Waals surface area (Å²) >= 11 is 1.29. The van der Waals surface area contributed by atoms with E-state index in [4.69, 9.17) is 10.5 Å². The van der Waals surface area contributed by atoms with Crippen LogP contribution in [0.2, 0.25) is 0 Å². The molecule has 1 heterocycles. The topological polar surface area (TPSA) is 82.3 Å². The van der Waals surface area contributed by atoms with E-state index in [9.17, 15) is 9.59 Å². The number of esters is 1. The molecular formula is C15H18N2O3S. The average Bonchev–Trinajstić information content (AvgIpc) is 2.76. The molecule has 2 aromatic rings. The van der Waals surface area contributed by atoms with Gasteiger partial charge in [-0.05, 0) is 39.0 Å². The predicted molar refractivity (Wildman–Crippen MR) is 83.4 cm³/mol. The highest BCUT2D eigenvalue weighted by Gasteiger charge is 2.19. The van der Waals surface area contributed by atoms with Crippen molar-refractivity contribution in [1.29, 1.82) is 0 Å². The van der Waals surface area contributed by atoms with Crippen molar-refractivity contribution in [1.82, 2.24) is 4.98 Å². The van der Waals surface area contributed by atoms with Crippen LogP contribution in [0, 0.1) is 0 Å². The van der Waals surface area contributed by atoms with E-state index in [1.165, 1.54) is 11.3 Å². The Morgan fingerprint density at radius 3 is 2.67 bits per heavy atom. The van der Waals surface area contributed by atoms with Crippen LogP contribution >= 0.6 is 11.3 Å². The zero-order valence-corrected chi connectivity index (χ0v) is 13.1. The molecule has 0 spiro atoms. The fraction of sp³-hybridized carbons (Fsp3) is 0.400.